The molecular weight excluding hydrogens is 238 g/mol. The minimum Gasteiger partial charge on any atom is -0.370 e. The molecule has 0 saturated carbocycles. The van der Waals surface area contributed by atoms with Gasteiger partial charge < -0.3 is 10.2 Å². The van der Waals surface area contributed by atoms with Crippen molar-refractivity contribution in [1.29, 1.82) is 0 Å². The predicted octanol–water partition coefficient (Wildman–Crippen LogP) is 2.92. The van der Waals surface area contributed by atoms with Crippen LogP contribution in [-0.4, -0.2) is 35.4 Å². The zero-order valence-electron chi connectivity index (χ0n) is 11.7. The minimum absolute atomic E-state index is 0.122. The van der Waals surface area contributed by atoms with Crippen molar-refractivity contribution < 1.29 is 4.79 Å². The van der Waals surface area contributed by atoms with E-state index in [4.69, 9.17) is 0 Å². The van der Waals surface area contributed by atoms with Gasteiger partial charge in [-0.2, -0.15) is 0 Å². The largest absolute Gasteiger partial charge is 0.370 e. The molecule has 0 unspecified atom stereocenters. The van der Waals surface area contributed by atoms with Gasteiger partial charge in [0.15, 0.2) is 0 Å². The minimum atomic E-state index is 0.122. The van der Waals surface area contributed by atoms with Gasteiger partial charge in [0.1, 0.15) is 5.82 Å². The number of rotatable bonds is 4. The Morgan fingerprint density at radius 3 is 2.58 bits per heavy atom. The van der Waals surface area contributed by atoms with E-state index < -0.39 is 0 Å². The monoisotopic (exact) mass is 261 g/mol. The van der Waals surface area contributed by atoms with Crippen LogP contribution >= 0.6 is 0 Å². The molecule has 1 fully saturated rings. The first-order valence-electron chi connectivity index (χ1n) is 7.30. The summed E-state index contributed by atoms with van der Waals surface area (Å²) in [5.74, 6) is 0.964. The van der Waals surface area contributed by atoms with E-state index in [1.54, 1.807) is 6.20 Å². The van der Waals surface area contributed by atoms with E-state index in [1.165, 1.54) is 12.8 Å². The van der Waals surface area contributed by atoms with Crippen LogP contribution in [0.3, 0.4) is 0 Å². The van der Waals surface area contributed by atoms with Gasteiger partial charge in [-0.25, -0.2) is 4.98 Å². The van der Waals surface area contributed by atoms with Gasteiger partial charge in [0, 0.05) is 25.8 Å². The van der Waals surface area contributed by atoms with Crippen molar-refractivity contribution in [2.45, 2.75) is 39.0 Å². The number of carbonyl (C=O) groups is 1. The van der Waals surface area contributed by atoms with E-state index >= 15 is 0 Å². The summed E-state index contributed by atoms with van der Waals surface area (Å²) in [6.45, 7) is 4.79. The highest BCUT2D eigenvalue weighted by Gasteiger charge is 2.17. The predicted molar refractivity (Wildman–Crippen MR) is 77.4 cm³/mol. The lowest BCUT2D eigenvalue weighted by atomic mass is 10.2. The normalized spacial score (nSPS) is 15.9. The zero-order chi connectivity index (χ0) is 13.5. The van der Waals surface area contributed by atoms with E-state index in [0.29, 0.717) is 5.56 Å². The second-order valence-electron chi connectivity index (χ2n) is 5.07. The Bertz CT molecular complexity index is 394. The maximum Gasteiger partial charge on any atom is 0.255 e. The number of likely N-dealkylation sites (tertiary alicyclic amines) is 1. The van der Waals surface area contributed by atoms with Crippen molar-refractivity contribution >= 4 is 11.7 Å². The van der Waals surface area contributed by atoms with Gasteiger partial charge in [0.05, 0.1) is 5.56 Å². The van der Waals surface area contributed by atoms with Crippen LogP contribution in [0, 0.1) is 0 Å². The molecule has 0 spiro atoms. The summed E-state index contributed by atoms with van der Waals surface area (Å²) in [4.78, 5) is 18.6. The quantitative estimate of drug-likeness (QED) is 0.906. The van der Waals surface area contributed by atoms with Crippen LogP contribution in [0.25, 0.3) is 0 Å². The fourth-order valence-corrected chi connectivity index (χ4v) is 2.33. The number of hydrogen-bond acceptors (Lipinski definition) is 3. The molecule has 19 heavy (non-hydrogen) atoms. The molecular formula is C15H23N3O. The summed E-state index contributed by atoms with van der Waals surface area (Å²) in [5, 5.41) is 3.21. The third-order valence-electron chi connectivity index (χ3n) is 3.46. The van der Waals surface area contributed by atoms with Crippen LogP contribution in [0.15, 0.2) is 18.3 Å². The van der Waals surface area contributed by atoms with E-state index in [-0.39, 0.29) is 5.91 Å². The molecule has 0 radical (unpaired) electrons. The molecule has 2 heterocycles. The molecule has 0 aliphatic carbocycles. The van der Waals surface area contributed by atoms with Crippen LogP contribution in [0.4, 0.5) is 5.82 Å². The average molecular weight is 261 g/mol. The Labute approximate surface area is 115 Å². The summed E-state index contributed by atoms with van der Waals surface area (Å²) in [5.41, 5.74) is 0.698. The highest BCUT2D eigenvalue weighted by atomic mass is 16.2. The number of anilines is 1. The number of nitrogens with zero attached hydrogens (tertiary/aromatic N) is 2. The topological polar surface area (TPSA) is 45.2 Å². The molecule has 1 aliphatic rings. The van der Waals surface area contributed by atoms with Crippen LogP contribution in [0.5, 0.6) is 0 Å². The molecule has 0 aromatic carbocycles. The van der Waals surface area contributed by atoms with E-state index in [9.17, 15) is 4.79 Å². The van der Waals surface area contributed by atoms with Crippen molar-refractivity contribution in [2.24, 2.45) is 0 Å². The molecule has 2 rings (SSSR count). The van der Waals surface area contributed by atoms with Crippen molar-refractivity contribution in [3.05, 3.63) is 23.9 Å². The lowest BCUT2D eigenvalue weighted by Gasteiger charge is -2.20. The van der Waals surface area contributed by atoms with E-state index in [1.807, 2.05) is 17.0 Å². The summed E-state index contributed by atoms with van der Waals surface area (Å²) >= 11 is 0. The summed E-state index contributed by atoms with van der Waals surface area (Å²) < 4.78 is 0. The maximum atomic E-state index is 12.3. The van der Waals surface area contributed by atoms with E-state index in [0.717, 1.165) is 44.7 Å². The lowest BCUT2D eigenvalue weighted by Crippen LogP contribution is -2.31. The maximum absolute atomic E-state index is 12.3. The highest BCUT2D eigenvalue weighted by Crippen LogP contribution is 2.14. The van der Waals surface area contributed by atoms with Gasteiger partial charge in [-0.1, -0.05) is 19.8 Å². The van der Waals surface area contributed by atoms with Gasteiger partial charge in [-0.05, 0) is 31.4 Å². The molecule has 104 valence electrons. The number of nitrogens with one attached hydrogen (secondary N) is 1. The summed E-state index contributed by atoms with van der Waals surface area (Å²) in [6.07, 6.45) is 7.47. The van der Waals surface area contributed by atoms with Crippen molar-refractivity contribution in [3.63, 3.8) is 0 Å². The fourth-order valence-electron chi connectivity index (χ4n) is 2.33. The first kappa shape index (κ1) is 13.8. The first-order valence-corrected chi connectivity index (χ1v) is 7.30. The number of amides is 1. The number of pyridine rings is 1. The third-order valence-corrected chi connectivity index (χ3v) is 3.46. The molecule has 1 aromatic heterocycles. The smallest absolute Gasteiger partial charge is 0.255 e. The van der Waals surface area contributed by atoms with Crippen molar-refractivity contribution in [3.8, 4) is 0 Å². The van der Waals surface area contributed by atoms with Gasteiger partial charge >= 0.3 is 0 Å². The molecule has 1 aliphatic heterocycles. The van der Waals surface area contributed by atoms with Gasteiger partial charge in [-0.15, -0.1) is 0 Å². The second-order valence-corrected chi connectivity index (χ2v) is 5.07. The van der Waals surface area contributed by atoms with Gasteiger partial charge in [-0.3, -0.25) is 4.79 Å². The molecule has 4 nitrogen and oxygen atoms in total. The zero-order valence-corrected chi connectivity index (χ0v) is 11.7. The standard InChI is InChI=1S/C15H23N3O/c1-2-9-16-14-8-7-13(12-17-14)15(19)18-10-5-3-4-6-11-18/h7-8,12H,2-6,9-11H2,1H3,(H,16,17). The molecule has 1 aromatic rings. The number of hydrogen-bond donors (Lipinski definition) is 1. The van der Waals surface area contributed by atoms with Gasteiger partial charge in [0.2, 0.25) is 0 Å². The highest BCUT2D eigenvalue weighted by molar-refractivity contribution is 5.94. The number of aromatic nitrogens is 1. The van der Waals surface area contributed by atoms with Crippen LogP contribution < -0.4 is 5.32 Å². The van der Waals surface area contributed by atoms with E-state index in [2.05, 4.69) is 17.2 Å². The Morgan fingerprint density at radius 1 is 1.26 bits per heavy atom. The Balaban J connectivity index is 1.98. The molecule has 1 N–H and O–H groups in total. The van der Waals surface area contributed by atoms with Gasteiger partial charge in [0.25, 0.3) is 5.91 Å². The van der Waals surface area contributed by atoms with Crippen molar-refractivity contribution in [1.82, 2.24) is 9.88 Å². The van der Waals surface area contributed by atoms with Crippen LogP contribution in [-0.2, 0) is 0 Å². The van der Waals surface area contributed by atoms with Crippen molar-refractivity contribution in [2.75, 3.05) is 25.0 Å². The Hall–Kier alpha value is -1.58. The summed E-state index contributed by atoms with van der Waals surface area (Å²) in [7, 11) is 0. The van der Waals surface area contributed by atoms with Crippen LogP contribution in [0.1, 0.15) is 49.4 Å². The summed E-state index contributed by atoms with van der Waals surface area (Å²) in [6, 6.07) is 3.76. The number of carbonyl (C=O) groups excluding carboxylic acids is 1. The third kappa shape index (κ3) is 3.94. The molecule has 1 amide bonds. The molecule has 0 bridgehead atoms. The average Bonchev–Trinajstić information content (AvgIpc) is 2.74. The SMILES string of the molecule is CCCNc1ccc(C(=O)N2CCCCCC2)cn1. The molecule has 1 saturated heterocycles. The fraction of sp³-hybridized carbons (Fsp3) is 0.600. The Morgan fingerprint density at radius 2 is 2.00 bits per heavy atom. The lowest BCUT2D eigenvalue weighted by molar-refractivity contribution is 0.0761. The second kappa shape index (κ2) is 7.12. The molecule has 0 atom stereocenters. The van der Waals surface area contributed by atoms with Crippen LogP contribution in [0.2, 0.25) is 0 Å². The Kier molecular flexibility index (Phi) is 5.19. The first-order chi connectivity index (χ1) is 9.31. The molecule has 4 heteroatoms.